The van der Waals surface area contributed by atoms with E-state index < -0.39 is 27.8 Å². The molecule has 2 aliphatic heterocycles. The van der Waals surface area contributed by atoms with E-state index in [9.17, 15) is 18.0 Å². The Kier molecular flexibility index (Phi) is 6.69. The highest BCUT2D eigenvalue weighted by Crippen LogP contribution is 2.45. The minimum absolute atomic E-state index is 0.0319. The highest BCUT2D eigenvalue weighted by molar-refractivity contribution is 8.16. The van der Waals surface area contributed by atoms with Crippen LogP contribution < -0.4 is 9.64 Å². The predicted octanol–water partition coefficient (Wildman–Crippen LogP) is 3.91. The number of nitrogens with zero attached hydrogens (tertiary/aromatic N) is 2. The van der Waals surface area contributed by atoms with Gasteiger partial charge in [0, 0.05) is 16.7 Å². The van der Waals surface area contributed by atoms with Crippen LogP contribution in [0.15, 0.2) is 47.5 Å². The number of amidine groups is 1. The lowest BCUT2D eigenvalue weighted by Gasteiger charge is -2.26. The number of carbonyl (C=O) groups excluding carboxylic acids is 1. The highest BCUT2D eigenvalue weighted by Gasteiger charge is 2.50. The summed E-state index contributed by atoms with van der Waals surface area (Å²) in [6.45, 7) is 1.94. The number of halogens is 1. The van der Waals surface area contributed by atoms with Crippen LogP contribution in [-0.2, 0) is 19.4 Å². The van der Waals surface area contributed by atoms with Crippen LogP contribution in [0.3, 0.4) is 0 Å². The van der Waals surface area contributed by atoms with Crippen molar-refractivity contribution in [2.75, 3.05) is 16.4 Å². The second-order valence-electron chi connectivity index (χ2n) is 7.88. The van der Waals surface area contributed by atoms with Crippen LogP contribution in [-0.4, -0.2) is 53.4 Å². The van der Waals surface area contributed by atoms with Gasteiger partial charge in [-0.1, -0.05) is 35.5 Å². The molecule has 174 valence electrons. The number of aryl methyl sites for hydroxylation is 1. The van der Waals surface area contributed by atoms with Gasteiger partial charge in [0.2, 0.25) is 5.91 Å². The third-order valence-electron chi connectivity index (χ3n) is 5.24. The lowest BCUT2D eigenvalue weighted by molar-refractivity contribution is -0.138. The van der Waals surface area contributed by atoms with Crippen molar-refractivity contribution in [1.29, 1.82) is 0 Å². The maximum atomic E-state index is 12.3. The number of thioether (sulfide) groups is 1. The molecule has 2 aromatic carbocycles. The van der Waals surface area contributed by atoms with E-state index >= 15 is 0 Å². The number of hydrogen-bond acceptors (Lipinski definition) is 6. The number of aliphatic imine (C=N–C) groups is 1. The molecular weight excluding hydrogens is 488 g/mol. The zero-order valence-corrected chi connectivity index (χ0v) is 20.0. The number of benzene rings is 2. The molecule has 2 atom stereocenters. The fourth-order valence-electron chi connectivity index (χ4n) is 3.79. The first kappa shape index (κ1) is 23.6. The van der Waals surface area contributed by atoms with Crippen molar-refractivity contribution in [3.63, 3.8) is 0 Å². The van der Waals surface area contributed by atoms with Gasteiger partial charge in [-0.15, -0.1) is 0 Å². The van der Waals surface area contributed by atoms with Crippen LogP contribution >= 0.6 is 23.4 Å². The van der Waals surface area contributed by atoms with Crippen LogP contribution in [0.5, 0.6) is 11.5 Å². The minimum atomic E-state index is -3.26. The molecule has 2 saturated heterocycles. The Morgan fingerprint density at radius 1 is 1.21 bits per heavy atom. The Balaban J connectivity index is 1.74. The molecular formula is C22H21ClN2O6S2. The van der Waals surface area contributed by atoms with Gasteiger partial charge in [0.25, 0.3) is 0 Å². The topological polar surface area (TPSA) is 113 Å². The van der Waals surface area contributed by atoms with Gasteiger partial charge in [0.05, 0.1) is 29.7 Å². The summed E-state index contributed by atoms with van der Waals surface area (Å²) >= 11 is 7.48. The lowest BCUT2D eigenvalue weighted by Crippen LogP contribution is -2.38. The van der Waals surface area contributed by atoms with Gasteiger partial charge < -0.3 is 14.7 Å². The maximum Gasteiger partial charge on any atom is 0.303 e. The summed E-state index contributed by atoms with van der Waals surface area (Å²) in [5.41, 5.74) is 1.50. The summed E-state index contributed by atoms with van der Waals surface area (Å²) in [6, 6.07) is 12.0. The Morgan fingerprint density at radius 3 is 2.73 bits per heavy atom. The molecule has 0 saturated carbocycles. The number of carboxylic acids is 1. The lowest BCUT2D eigenvalue weighted by atomic mass is 10.2. The van der Waals surface area contributed by atoms with Crippen LogP contribution in [0.25, 0.3) is 0 Å². The van der Waals surface area contributed by atoms with Crippen molar-refractivity contribution in [2.45, 2.75) is 31.1 Å². The first-order valence-electron chi connectivity index (χ1n) is 10.1. The number of fused-ring (bicyclic) bond motifs is 1. The molecule has 0 radical (unpaired) electrons. The molecule has 0 aliphatic carbocycles. The van der Waals surface area contributed by atoms with Crippen molar-refractivity contribution < 1.29 is 27.9 Å². The van der Waals surface area contributed by atoms with Crippen LogP contribution in [0, 0.1) is 6.92 Å². The number of hydrogen-bond donors (Lipinski definition) is 1. The van der Waals surface area contributed by atoms with Crippen molar-refractivity contribution in [2.24, 2.45) is 4.99 Å². The van der Waals surface area contributed by atoms with Crippen LogP contribution in [0.2, 0.25) is 5.02 Å². The second-order valence-corrected chi connectivity index (χ2v) is 11.7. The van der Waals surface area contributed by atoms with Crippen molar-refractivity contribution in [3.8, 4) is 11.5 Å². The Bertz CT molecular complexity index is 1250. The Hall–Kier alpha value is -2.56. The molecule has 2 heterocycles. The monoisotopic (exact) mass is 508 g/mol. The molecule has 1 amide bonds. The maximum absolute atomic E-state index is 12.3. The molecule has 33 heavy (non-hydrogen) atoms. The summed E-state index contributed by atoms with van der Waals surface area (Å²) in [4.78, 5) is 29.0. The molecule has 2 aliphatic rings. The molecule has 8 nitrogen and oxygen atoms in total. The minimum Gasteiger partial charge on any atom is -0.481 e. The van der Waals surface area contributed by atoms with Gasteiger partial charge in [-0.25, -0.2) is 8.42 Å². The average molecular weight is 509 g/mol. The van der Waals surface area contributed by atoms with Gasteiger partial charge in [-0.2, -0.15) is 4.99 Å². The molecule has 0 bridgehead atoms. The summed E-state index contributed by atoms with van der Waals surface area (Å²) in [5, 5.41) is 9.26. The summed E-state index contributed by atoms with van der Waals surface area (Å²) < 4.78 is 30.8. The first-order valence-corrected chi connectivity index (χ1v) is 13.2. The third kappa shape index (κ3) is 5.51. The quantitative estimate of drug-likeness (QED) is 0.624. The number of rotatable bonds is 6. The van der Waals surface area contributed by atoms with Crippen LogP contribution in [0.1, 0.15) is 18.4 Å². The highest BCUT2D eigenvalue weighted by atomic mass is 35.5. The molecule has 2 fully saturated rings. The number of sulfone groups is 1. The number of carboxylic acid groups (broad SMARTS) is 1. The largest absolute Gasteiger partial charge is 0.481 e. The number of amides is 1. The van der Waals surface area contributed by atoms with E-state index in [4.69, 9.17) is 21.4 Å². The Labute approximate surface area is 200 Å². The smallest absolute Gasteiger partial charge is 0.303 e. The molecule has 0 aromatic heterocycles. The Morgan fingerprint density at radius 2 is 2.00 bits per heavy atom. The molecule has 4 rings (SSSR count). The van der Waals surface area contributed by atoms with Gasteiger partial charge >= 0.3 is 5.97 Å². The van der Waals surface area contributed by atoms with Crippen molar-refractivity contribution in [3.05, 3.63) is 53.1 Å². The number of aliphatic carboxylic acids is 1. The van der Waals surface area contributed by atoms with E-state index in [1.807, 2.05) is 25.1 Å². The van der Waals surface area contributed by atoms with E-state index in [2.05, 4.69) is 4.99 Å². The summed E-state index contributed by atoms with van der Waals surface area (Å²) in [5.74, 6) is -0.778. The zero-order valence-electron chi connectivity index (χ0n) is 17.6. The fourth-order valence-corrected chi connectivity index (χ4v) is 7.88. The van der Waals surface area contributed by atoms with Gasteiger partial charge in [0.15, 0.2) is 20.8 Å². The normalized spacial score (nSPS) is 22.4. The molecule has 11 heteroatoms. The fraction of sp³-hybridized carbons (Fsp3) is 0.318. The summed E-state index contributed by atoms with van der Waals surface area (Å²) in [7, 11) is -3.26. The first-order chi connectivity index (χ1) is 15.6. The van der Waals surface area contributed by atoms with Gasteiger partial charge in [-0.3, -0.25) is 9.59 Å². The van der Waals surface area contributed by atoms with E-state index in [1.54, 1.807) is 29.2 Å². The number of carbonyl (C=O) groups is 2. The van der Waals surface area contributed by atoms with Gasteiger partial charge in [0.1, 0.15) is 5.75 Å². The van der Waals surface area contributed by atoms with Crippen molar-refractivity contribution >= 4 is 55.9 Å². The molecule has 0 unspecified atom stereocenters. The standard InChI is InChI=1S/C22H21ClN2O6S2/c1-13-3-2-4-15(9-13)31-18-6-5-14(23)10-16(18)25-17-11-33(29,30)12-19(17)32-22(25)24-20(26)7-8-21(27)28/h2-6,9-10,17,19H,7-8,11-12H2,1H3,(H,27,28)/t17-,19+/m0/s1. The van der Waals surface area contributed by atoms with Crippen molar-refractivity contribution in [1.82, 2.24) is 0 Å². The van der Waals surface area contributed by atoms with E-state index in [0.717, 1.165) is 5.56 Å². The van der Waals surface area contributed by atoms with E-state index in [-0.39, 0.29) is 29.6 Å². The molecule has 0 spiro atoms. The molecule has 1 N–H and O–H groups in total. The summed E-state index contributed by atoms with van der Waals surface area (Å²) in [6.07, 6.45) is -0.580. The SMILES string of the molecule is Cc1cccc(Oc2ccc(Cl)cc2N2C(=NC(=O)CCC(=O)O)S[C@@H]3CS(=O)(=O)C[C@@H]32)c1. The number of anilines is 1. The van der Waals surface area contributed by atoms with E-state index in [0.29, 0.717) is 27.4 Å². The second kappa shape index (κ2) is 9.36. The molecule has 2 aromatic rings. The number of ether oxygens (including phenoxy) is 1. The third-order valence-corrected chi connectivity index (χ3v) is 8.68. The average Bonchev–Trinajstić information content (AvgIpc) is 3.18. The van der Waals surface area contributed by atoms with E-state index in [1.165, 1.54) is 11.8 Å². The predicted molar refractivity (Wildman–Crippen MR) is 128 cm³/mol. The zero-order chi connectivity index (χ0) is 23.8. The van der Waals surface area contributed by atoms with Crippen LogP contribution in [0.4, 0.5) is 5.69 Å². The van der Waals surface area contributed by atoms with Gasteiger partial charge in [-0.05, 0) is 42.8 Å².